The van der Waals surface area contributed by atoms with Crippen molar-refractivity contribution in [3.8, 4) is 0 Å². The van der Waals surface area contributed by atoms with Crippen molar-refractivity contribution in [1.29, 1.82) is 0 Å². The zero-order valence-electron chi connectivity index (χ0n) is 19.3. The van der Waals surface area contributed by atoms with Gasteiger partial charge in [0.15, 0.2) is 23.1 Å². The van der Waals surface area contributed by atoms with Crippen LogP contribution < -0.4 is 0 Å². The number of nitrogens with one attached hydrogen (secondary N) is 6. The Morgan fingerprint density at radius 2 is 0.658 bits per heavy atom. The summed E-state index contributed by atoms with van der Waals surface area (Å²) in [5, 5.41) is 0. The van der Waals surface area contributed by atoms with Crippen molar-refractivity contribution in [2.45, 2.75) is 0 Å². The van der Waals surface area contributed by atoms with E-state index in [-0.39, 0.29) is 68.0 Å². The fourth-order valence-corrected chi connectivity index (χ4v) is 4.66. The van der Waals surface area contributed by atoms with E-state index in [4.69, 9.17) is 0 Å². The predicted octanol–water partition coefficient (Wildman–Crippen LogP) is 3.74. The lowest BCUT2D eigenvalue weighted by molar-refractivity contribution is 0.0996. The average Bonchev–Trinajstić information content (AvgIpc) is 3.43. The van der Waals surface area contributed by atoms with Gasteiger partial charge in [-0.3, -0.25) is 19.2 Å². The standard InChI is InChI=1S/C26H16N8O4/c35-11-7-9-13(37)21-19(11)23-29-15-3-1-4-16(27-15)30-24-20-12(36)8-10-14(38)22(20)26(34-24)32-18-6-2-5-17(28-18)31-25(21)33-23/h1-10,33-34H,(H2,27,29,30)(H2,28,31,32). The first kappa shape index (κ1) is 21.5. The van der Waals surface area contributed by atoms with E-state index in [0.29, 0.717) is 22.6 Å². The highest BCUT2D eigenvalue weighted by Gasteiger charge is 2.27. The van der Waals surface area contributed by atoms with Gasteiger partial charge in [0.1, 0.15) is 45.2 Å². The van der Waals surface area contributed by atoms with Gasteiger partial charge in [-0.2, -0.15) is 0 Å². The lowest BCUT2D eigenvalue weighted by Gasteiger charge is -2.03. The van der Waals surface area contributed by atoms with Gasteiger partial charge in [-0.05, 0) is 48.6 Å². The minimum absolute atomic E-state index is 0.178. The van der Waals surface area contributed by atoms with Gasteiger partial charge in [0.25, 0.3) is 0 Å². The molecule has 12 nitrogen and oxygen atoms in total. The number of carbonyl (C=O) groups excluding carboxylic acids is 4. The maximum Gasteiger partial charge on any atom is 0.190 e. The summed E-state index contributed by atoms with van der Waals surface area (Å²) >= 11 is 0. The molecule has 0 aliphatic heterocycles. The topological polar surface area (TPSA) is 189 Å². The molecule has 0 atom stereocenters. The first-order valence-electron chi connectivity index (χ1n) is 11.5. The number of ketones is 4. The summed E-state index contributed by atoms with van der Waals surface area (Å²) in [6, 6.07) is 10.2. The fourth-order valence-electron chi connectivity index (χ4n) is 4.66. The molecule has 0 saturated heterocycles. The van der Waals surface area contributed by atoms with Crippen molar-refractivity contribution in [3.63, 3.8) is 0 Å². The maximum absolute atomic E-state index is 12.8. The smallest absolute Gasteiger partial charge is 0.190 e. The van der Waals surface area contributed by atoms with Crippen LogP contribution in [-0.2, 0) is 0 Å². The van der Waals surface area contributed by atoms with Crippen molar-refractivity contribution in [1.82, 2.24) is 39.9 Å². The van der Waals surface area contributed by atoms with E-state index in [1.54, 1.807) is 36.4 Å². The number of fused-ring (bicyclic) bond motifs is 14. The number of aromatic amines is 6. The van der Waals surface area contributed by atoms with Gasteiger partial charge >= 0.3 is 0 Å². The Labute approximate surface area is 210 Å². The molecule has 5 aromatic heterocycles. The molecule has 8 bridgehead atoms. The third kappa shape index (κ3) is 3.32. The Bertz CT molecular complexity index is 1830. The Morgan fingerprint density at radius 3 is 0.921 bits per heavy atom. The van der Waals surface area contributed by atoms with Crippen LogP contribution in [0.3, 0.4) is 0 Å². The molecule has 5 heterocycles. The van der Waals surface area contributed by atoms with E-state index in [9.17, 15) is 19.2 Å². The number of pyridine rings is 2. The lowest BCUT2D eigenvalue weighted by atomic mass is 9.99. The summed E-state index contributed by atoms with van der Waals surface area (Å²) in [7, 11) is 0. The largest absolute Gasteiger partial charge is 0.327 e. The van der Waals surface area contributed by atoms with Crippen molar-refractivity contribution < 1.29 is 19.2 Å². The normalized spacial score (nSPS) is 14.3. The molecule has 0 saturated carbocycles. The highest BCUT2D eigenvalue weighted by Crippen LogP contribution is 2.26. The molecule has 5 aromatic rings. The van der Waals surface area contributed by atoms with E-state index < -0.39 is 0 Å². The van der Waals surface area contributed by atoms with Crippen LogP contribution in [0.5, 0.6) is 0 Å². The van der Waals surface area contributed by atoms with Gasteiger partial charge in [-0.25, -0.2) is 9.97 Å². The van der Waals surface area contributed by atoms with Crippen LogP contribution in [0.1, 0.15) is 41.4 Å². The number of hydrogen-bond acceptors (Lipinski definition) is 6. The molecule has 6 N–H and O–H groups in total. The van der Waals surface area contributed by atoms with Crippen LogP contribution in [0, 0.1) is 0 Å². The van der Waals surface area contributed by atoms with Crippen molar-refractivity contribution in [3.05, 3.63) is 83.0 Å². The summed E-state index contributed by atoms with van der Waals surface area (Å²) in [6.07, 6.45) is 4.90. The number of aromatic nitrogens is 8. The van der Waals surface area contributed by atoms with Crippen LogP contribution in [0.2, 0.25) is 0 Å². The molecular formula is C26H16N8O4. The number of rotatable bonds is 0. The molecule has 0 radical (unpaired) electrons. The fraction of sp³-hybridized carbons (Fsp3) is 0. The van der Waals surface area contributed by atoms with Gasteiger partial charge in [0.05, 0.1) is 22.3 Å². The monoisotopic (exact) mass is 504 g/mol. The molecule has 38 heavy (non-hydrogen) atoms. The van der Waals surface area contributed by atoms with Crippen molar-refractivity contribution >= 4 is 68.3 Å². The number of carbonyl (C=O) groups is 4. The third-order valence-corrected chi connectivity index (χ3v) is 6.27. The van der Waals surface area contributed by atoms with Crippen molar-refractivity contribution in [2.75, 3.05) is 0 Å². The molecule has 0 aromatic carbocycles. The Morgan fingerprint density at radius 1 is 0.395 bits per heavy atom. The van der Waals surface area contributed by atoms with E-state index in [1.807, 2.05) is 0 Å². The van der Waals surface area contributed by atoms with Gasteiger partial charge in [-0.15, -0.1) is 0 Å². The highest BCUT2D eigenvalue weighted by molar-refractivity contribution is 6.28. The summed E-state index contributed by atoms with van der Waals surface area (Å²) in [5.74, 6) is -1.38. The first-order chi connectivity index (χ1) is 18.4. The number of allylic oxidation sites excluding steroid dienone is 4. The minimum atomic E-state index is -0.344. The summed E-state index contributed by atoms with van der Waals surface area (Å²) in [6.45, 7) is 0. The molecule has 0 unspecified atom stereocenters. The molecule has 0 fully saturated rings. The van der Waals surface area contributed by atoms with E-state index in [0.717, 1.165) is 0 Å². The minimum Gasteiger partial charge on any atom is -0.327 e. The SMILES string of the molecule is O=C1C=CC(=O)c2c1c1[nH]c3cccc(n3)[nH]c3[nH]c([nH]c4cccc(n4)[nH]c2[nH]1)c1c3C(=O)C=CC1=O. The predicted molar refractivity (Wildman–Crippen MR) is 138 cm³/mol. The molecule has 184 valence electrons. The lowest BCUT2D eigenvalue weighted by Crippen LogP contribution is -2.10. The highest BCUT2D eigenvalue weighted by atomic mass is 16.1. The Kier molecular flexibility index (Phi) is 4.45. The van der Waals surface area contributed by atoms with Crippen LogP contribution in [0.4, 0.5) is 0 Å². The third-order valence-electron chi connectivity index (χ3n) is 6.27. The zero-order chi connectivity index (χ0) is 26.0. The molecular weight excluding hydrogens is 488 g/mol. The molecule has 2 aliphatic rings. The molecule has 0 amide bonds. The zero-order valence-corrected chi connectivity index (χ0v) is 19.3. The van der Waals surface area contributed by atoms with Gasteiger partial charge in [0.2, 0.25) is 0 Å². The Hall–Kier alpha value is -5.78. The first-order valence-corrected chi connectivity index (χ1v) is 11.5. The number of nitrogens with zero attached hydrogens (tertiary/aromatic N) is 2. The number of hydrogen-bond donors (Lipinski definition) is 6. The maximum atomic E-state index is 12.8. The van der Waals surface area contributed by atoms with Crippen LogP contribution in [-0.4, -0.2) is 63.0 Å². The molecule has 2 aliphatic carbocycles. The quantitative estimate of drug-likeness (QED) is 0.186. The molecule has 7 rings (SSSR count). The second kappa shape index (κ2) is 7.86. The summed E-state index contributed by atoms with van der Waals surface area (Å²) in [4.78, 5) is 78.7. The van der Waals surface area contributed by atoms with Gasteiger partial charge in [-0.1, -0.05) is 12.1 Å². The van der Waals surface area contributed by atoms with Gasteiger partial charge < -0.3 is 29.9 Å². The Balaban J connectivity index is 1.68. The van der Waals surface area contributed by atoms with Crippen LogP contribution in [0.15, 0.2) is 60.7 Å². The van der Waals surface area contributed by atoms with E-state index >= 15 is 0 Å². The van der Waals surface area contributed by atoms with Gasteiger partial charge in [0, 0.05) is 0 Å². The molecule has 0 spiro atoms. The van der Waals surface area contributed by atoms with E-state index in [1.165, 1.54) is 24.3 Å². The average molecular weight is 504 g/mol. The number of H-pyrrole nitrogens is 6. The molecule has 12 heteroatoms. The van der Waals surface area contributed by atoms with Crippen LogP contribution >= 0.6 is 0 Å². The van der Waals surface area contributed by atoms with Crippen molar-refractivity contribution in [2.24, 2.45) is 0 Å². The summed E-state index contributed by atoms with van der Waals surface area (Å²) < 4.78 is 0. The van der Waals surface area contributed by atoms with Crippen LogP contribution in [0.25, 0.3) is 45.2 Å². The summed E-state index contributed by atoms with van der Waals surface area (Å²) in [5.41, 5.74) is 3.25. The van der Waals surface area contributed by atoms with E-state index in [2.05, 4.69) is 39.9 Å². The second-order valence-corrected chi connectivity index (χ2v) is 8.69. The second-order valence-electron chi connectivity index (χ2n) is 8.69.